The lowest BCUT2D eigenvalue weighted by molar-refractivity contribution is 0.169. The van der Waals surface area contributed by atoms with Crippen LogP contribution in [0.1, 0.15) is 13.3 Å². The highest BCUT2D eigenvalue weighted by Gasteiger charge is 2.34. The van der Waals surface area contributed by atoms with Gasteiger partial charge < -0.3 is 15.4 Å². The Bertz CT molecular complexity index is 207. The van der Waals surface area contributed by atoms with E-state index in [1.807, 2.05) is 14.1 Å². The van der Waals surface area contributed by atoms with Crippen LogP contribution in [-0.4, -0.2) is 44.8 Å². The topological polar surface area (TPSA) is 38.5 Å². The van der Waals surface area contributed by atoms with Crippen LogP contribution >= 0.6 is 0 Å². The molecule has 2 atom stereocenters. The van der Waals surface area contributed by atoms with Gasteiger partial charge in [0.15, 0.2) is 0 Å². The number of likely N-dealkylation sites (N-methyl/N-ethyl adjacent to an activating group) is 1. The average molecular weight is 198 g/mol. The fourth-order valence-corrected chi connectivity index (χ4v) is 1.87. The van der Waals surface area contributed by atoms with E-state index in [0.29, 0.717) is 0 Å². The standard InChI is InChI=1S/C11H22N2O/c1-9(10(12)7-13(3)4)11(2)5-6-14-8-11/h10H,1,5-8,12H2,2-4H3. The molecule has 0 spiro atoms. The van der Waals surface area contributed by atoms with E-state index in [2.05, 4.69) is 18.4 Å². The molecular weight excluding hydrogens is 176 g/mol. The van der Waals surface area contributed by atoms with Crippen molar-refractivity contribution in [2.24, 2.45) is 11.1 Å². The first-order valence-corrected chi connectivity index (χ1v) is 5.13. The lowest BCUT2D eigenvalue weighted by Crippen LogP contribution is -2.40. The van der Waals surface area contributed by atoms with Gasteiger partial charge in [0.1, 0.15) is 0 Å². The van der Waals surface area contributed by atoms with Gasteiger partial charge in [-0.05, 0) is 20.5 Å². The molecule has 0 aromatic carbocycles. The Hall–Kier alpha value is -0.380. The normalized spacial score (nSPS) is 29.5. The Morgan fingerprint density at radius 1 is 1.64 bits per heavy atom. The SMILES string of the molecule is C=C(C(N)CN(C)C)C1(C)CCOC1. The summed E-state index contributed by atoms with van der Waals surface area (Å²) in [5.74, 6) is 0. The van der Waals surface area contributed by atoms with E-state index < -0.39 is 0 Å². The molecule has 3 heteroatoms. The van der Waals surface area contributed by atoms with Gasteiger partial charge in [-0.25, -0.2) is 0 Å². The molecule has 1 saturated heterocycles. The van der Waals surface area contributed by atoms with Gasteiger partial charge in [0, 0.05) is 24.6 Å². The molecule has 14 heavy (non-hydrogen) atoms. The lowest BCUT2D eigenvalue weighted by Gasteiger charge is -2.30. The third-order valence-electron chi connectivity index (χ3n) is 3.00. The van der Waals surface area contributed by atoms with Crippen LogP contribution in [0.5, 0.6) is 0 Å². The van der Waals surface area contributed by atoms with E-state index in [1.54, 1.807) is 0 Å². The van der Waals surface area contributed by atoms with Crippen LogP contribution in [0.25, 0.3) is 0 Å². The predicted molar refractivity (Wildman–Crippen MR) is 59.2 cm³/mol. The fraction of sp³-hybridized carbons (Fsp3) is 0.818. The highest BCUT2D eigenvalue weighted by Crippen LogP contribution is 2.36. The first-order valence-electron chi connectivity index (χ1n) is 5.13. The second-order valence-corrected chi connectivity index (χ2v) is 4.76. The summed E-state index contributed by atoms with van der Waals surface area (Å²) in [5, 5.41) is 0. The molecule has 82 valence electrons. The Balaban J connectivity index is 2.55. The molecule has 0 aliphatic carbocycles. The van der Waals surface area contributed by atoms with Gasteiger partial charge in [-0.15, -0.1) is 0 Å². The van der Waals surface area contributed by atoms with E-state index in [-0.39, 0.29) is 11.5 Å². The minimum Gasteiger partial charge on any atom is -0.381 e. The molecule has 1 aliphatic rings. The summed E-state index contributed by atoms with van der Waals surface area (Å²) in [7, 11) is 4.06. The van der Waals surface area contributed by atoms with Crippen LogP contribution in [0.15, 0.2) is 12.2 Å². The van der Waals surface area contributed by atoms with Crippen LogP contribution in [-0.2, 0) is 4.74 Å². The van der Waals surface area contributed by atoms with E-state index in [9.17, 15) is 0 Å². The molecule has 0 aromatic rings. The van der Waals surface area contributed by atoms with Crippen molar-refractivity contribution >= 4 is 0 Å². The second-order valence-electron chi connectivity index (χ2n) is 4.76. The van der Waals surface area contributed by atoms with Gasteiger partial charge in [0.25, 0.3) is 0 Å². The van der Waals surface area contributed by atoms with E-state index in [1.165, 1.54) is 0 Å². The lowest BCUT2D eigenvalue weighted by atomic mass is 9.79. The van der Waals surface area contributed by atoms with Crippen molar-refractivity contribution in [3.63, 3.8) is 0 Å². The molecular formula is C11H22N2O. The molecule has 0 radical (unpaired) electrons. The van der Waals surface area contributed by atoms with Crippen molar-refractivity contribution in [1.82, 2.24) is 4.90 Å². The van der Waals surface area contributed by atoms with Crippen molar-refractivity contribution in [3.8, 4) is 0 Å². The summed E-state index contributed by atoms with van der Waals surface area (Å²) in [6, 6.07) is 0.0525. The Labute approximate surface area is 86.9 Å². The van der Waals surface area contributed by atoms with Crippen LogP contribution < -0.4 is 5.73 Å². The monoisotopic (exact) mass is 198 g/mol. The molecule has 1 heterocycles. The molecule has 1 fully saturated rings. The Kier molecular flexibility index (Phi) is 3.70. The maximum atomic E-state index is 6.09. The number of ether oxygens (including phenoxy) is 1. The maximum absolute atomic E-state index is 6.09. The molecule has 2 N–H and O–H groups in total. The molecule has 0 bridgehead atoms. The van der Waals surface area contributed by atoms with Gasteiger partial charge >= 0.3 is 0 Å². The van der Waals surface area contributed by atoms with Crippen LogP contribution in [0.3, 0.4) is 0 Å². The summed E-state index contributed by atoms with van der Waals surface area (Å²) in [6.45, 7) is 8.79. The van der Waals surface area contributed by atoms with E-state index >= 15 is 0 Å². The van der Waals surface area contributed by atoms with E-state index in [0.717, 1.165) is 31.8 Å². The minimum atomic E-state index is 0.0525. The van der Waals surface area contributed by atoms with Gasteiger partial charge in [0.2, 0.25) is 0 Å². The second kappa shape index (κ2) is 4.43. The predicted octanol–water partition coefficient (Wildman–Crippen LogP) is 0.858. The first-order chi connectivity index (χ1) is 6.46. The van der Waals surface area contributed by atoms with Crippen LogP contribution in [0.4, 0.5) is 0 Å². The van der Waals surface area contributed by atoms with Gasteiger partial charge in [-0.1, -0.05) is 19.1 Å². The molecule has 2 unspecified atom stereocenters. The van der Waals surface area contributed by atoms with Crippen molar-refractivity contribution in [2.45, 2.75) is 19.4 Å². The first kappa shape index (κ1) is 11.7. The van der Waals surface area contributed by atoms with Gasteiger partial charge in [-0.3, -0.25) is 0 Å². The highest BCUT2D eigenvalue weighted by atomic mass is 16.5. The zero-order valence-electron chi connectivity index (χ0n) is 9.55. The smallest absolute Gasteiger partial charge is 0.0558 e. The largest absolute Gasteiger partial charge is 0.381 e. The van der Waals surface area contributed by atoms with Gasteiger partial charge in [-0.2, -0.15) is 0 Å². The quantitative estimate of drug-likeness (QED) is 0.681. The molecule has 1 aliphatic heterocycles. The Morgan fingerprint density at radius 3 is 2.71 bits per heavy atom. The molecule has 1 rings (SSSR count). The molecule has 0 amide bonds. The van der Waals surface area contributed by atoms with Gasteiger partial charge in [0.05, 0.1) is 6.61 Å². The minimum absolute atomic E-state index is 0.0525. The van der Waals surface area contributed by atoms with Crippen molar-refractivity contribution in [1.29, 1.82) is 0 Å². The maximum Gasteiger partial charge on any atom is 0.0558 e. The third-order valence-corrected chi connectivity index (χ3v) is 3.00. The van der Waals surface area contributed by atoms with Crippen LogP contribution in [0.2, 0.25) is 0 Å². The van der Waals surface area contributed by atoms with Crippen molar-refractivity contribution in [3.05, 3.63) is 12.2 Å². The van der Waals surface area contributed by atoms with Crippen LogP contribution in [0, 0.1) is 5.41 Å². The molecule has 0 aromatic heterocycles. The number of hydrogen-bond donors (Lipinski definition) is 1. The Morgan fingerprint density at radius 2 is 2.29 bits per heavy atom. The van der Waals surface area contributed by atoms with E-state index in [4.69, 9.17) is 10.5 Å². The van der Waals surface area contributed by atoms with Crippen molar-refractivity contribution < 1.29 is 4.74 Å². The zero-order chi connectivity index (χ0) is 10.8. The summed E-state index contributed by atoms with van der Waals surface area (Å²) in [6.07, 6.45) is 1.05. The summed E-state index contributed by atoms with van der Waals surface area (Å²) >= 11 is 0. The average Bonchev–Trinajstić information content (AvgIpc) is 2.51. The fourth-order valence-electron chi connectivity index (χ4n) is 1.87. The van der Waals surface area contributed by atoms with Crippen molar-refractivity contribution in [2.75, 3.05) is 33.9 Å². The summed E-state index contributed by atoms with van der Waals surface area (Å²) < 4.78 is 5.41. The number of hydrogen-bond acceptors (Lipinski definition) is 3. The molecule has 0 saturated carbocycles. The molecule has 3 nitrogen and oxygen atoms in total. The summed E-state index contributed by atoms with van der Waals surface area (Å²) in [4.78, 5) is 2.09. The number of rotatable bonds is 4. The summed E-state index contributed by atoms with van der Waals surface area (Å²) in [5.41, 5.74) is 7.31. The third kappa shape index (κ3) is 2.56. The zero-order valence-corrected chi connectivity index (χ0v) is 9.55. The number of nitrogens with zero attached hydrogens (tertiary/aromatic N) is 1. The number of nitrogens with two attached hydrogens (primary N) is 1. The highest BCUT2D eigenvalue weighted by molar-refractivity contribution is 5.17.